The number of carbonyl (C=O) groups excluding carboxylic acids is 2. The number of aromatic hydroxyl groups is 1. The smallest absolute Gasteiger partial charge is 0.410 e. The van der Waals surface area contributed by atoms with Crippen LogP contribution in [0, 0.1) is 116 Å². The summed E-state index contributed by atoms with van der Waals surface area (Å²) in [6, 6.07) is 14.6. The molecule has 1 N–H and O–H groups in total. The number of Topliss-reactive ketones (excluding diaryl/α,β-unsaturated/α-hetero) is 1. The van der Waals surface area contributed by atoms with E-state index >= 15 is 35.1 Å². The summed E-state index contributed by atoms with van der Waals surface area (Å²) in [6.45, 7) is -0.00740. The number of carbonyl (C=O) groups is 2. The number of halogens is 20. The van der Waals surface area contributed by atoms with Crippen LogP contribution in [0.2, 0.25) is 0 Å². The van der Waals surface area contributed by atoms with E-state index in [-0.39, 0.29) is 29.5 Å². The van der Waals surface area contributed by atoms with Gasteiger partial charge in [-0.25, -0.2) is 92.6 Å². The van der Waals surface area contributed by atoms with E-state index < -0.39 is 150 Å². The van der Waals surface area contributed by atoms with Crippen molar-refractivity contribution in [3.63, 3.8) is 0 Å². The molecule has 0 radical (unpaired) electrons. The Morgan fingerprint density at radius 3 is 1.10 bits per heavy atom. The Morgan fingerprint density at radius 1 is 0.457 bits per heavy atom. The van der Waals surface area contributed by atoms with Crippen molar-refractivity contribution in [3.8, 4) is 11.5 Å². The zero-order valence-electron chi connectivity index (χ0n) is 33.3. The third kappa shape index (κ3) is 8.47. The minimum absolute atomic E-state index is 0.00740. The molecule has 0 fully saturated rings. The average Bonchev–Trinajstić information content (AvgIpc) is 3.35. The third-order valence-electron chi connectivity index (χ3n) is 10.2. The van der Waals surface area contributed by atoms with Crippen molar-refractivity contribution in [2.24, 2.45) is 0 Å². The summed E-state index contributed by atoms with van der Waals surface area (Å²) in [5.41, 5.74) is -13.6. The van der Waals surface area contributed by atoms with Crippen molar-refractivity contribution >= 4 is 39.7 Å². The van der Waals surface area contributed by atoms with Crippen LogP contribution in [0.4, 0.5) is 87.8 Å². The zero-order valence-corrected chi connectivity index (χ0v) is 33.3. The molecule has 6 nitrogen and oxygen atoms in total. The Hall–Kier alpha value is -8.00. The Kier molecular flexibility index (Phi) is 14.4. The molecular weight excluding hydrogens is 999 g/mol. The van der Waals surface area contributed by atoms with Crippen LogP contribution in [0.3, 0.4) is 0 Å². The van der Waals surface area contributed by atoms with Gasteiger partial charge in [0.2, 0.25) is 12.3 Å². The molecule has 27 heteroatoms. The van der Waals surface area contributed by atoms with Crippen molar-refractivity contribution in [3.05, 3.63) is 201 Å². The van der Waals surface area contributed by atoms with Crippen molar-refractivity contribution in [1.29, 1.82) is 0 Å². The molecule has 1 heterocycles. The topological polar surface area (TPSA) is 80.4 Å². The molecule has 0 saturated heterocycles. The van der Waals surface area contributed by atoms with Crippen LogP contribution in [0.25, 0.3) is 0 Å². The lowest BCUT2D eigenvalue weighted by molar-refractivity contribution is -0.686. The van der Waals surface area contributed by atoms with Crippen molar-refractivity contribution in [2.75, 3.05) is 0 Å². The lowest BCUT2D eigenvalue weighted by atomic mass is 9.12. The van der Waals surface area contributed by atoms with Crippen LogP contribution >= 0.6 is 0 Å². The number of aromatic nitrogens is 2. The summed E-state index contributed by atoms with van der Waals surface area (Å²) in [6.07, 6.45) is -2.82. The number of hydrogen-bond acceptors (Lipinski definition) is 5. The van der Waals surface area contributed by atoms with Gasteiger partial charge in [0, 0.05) is 5.56 Å². The number of ketones is 1. The first-order valence-electron chi connectivity index (χ1n) is 18.5. The van der Waals surface area contributed by atoms with Gasteiger partial charge in [-0.1, -0.05) is 30.3 Å². The Bertz CT molecular complexity index is 2890. The van der Waals surface area contributed by atoms with Gasteiger partial charge in [0.15, 0.2) is 76.0 Å². The van der Waals surface area contributed by atoms with E-state index in [4.69, 9.17) is 4.74 Å². The minimum atomic E-state index is -7.22. The van der Waals surface area contributed by atoms with Crippen LogP contribution in [0.5, 0.6) is 11.5 Å². The second-order valence-electron chi connectivity index (χ2n) is 14.1. The molecule has 364 valence electrons. The lowest BCUT2D eigenvalue weighted by Crippen LogP contribution is -2.81. The van der Waals surface area contributed by atoms with E-state index in [1.54, 1.807) is 30.5 Å². The molecule has 1 aromatic heterocycles. The Morgan fingerprint density at radius 2 is 0.771 bits per heavy atom. The number of esters is 1. The molecule has 70 heavy (non-hydrogen) atoms. The maximum Gasteiger partial charge on any atom is 0.410 e. The van der Waals surface area contributed by atoms with E-state index in [0.717, 1.165) is 0 Å². The maximum atomic E-state index is 15.4. The van der Waals surface area contributed by atoms with Crippen molar-refractivity contribution < 1.29 is 112 Å². The molecular formula is C43H15BF20N2O4. The van der Waals surface area contributed by atoms with E-state index in [9.17, 15) is 67.4 Å². The molecule has 6 aromatic carbocycles. The minimum Gasteiger partial charge on any atom is -0.508 e. The summed E-state index contributed by atoms with van der Waals surface area (Å²) in [5, 5.41) is 9.27. The standard InChI is InChI=1S/C24BF20.C19H14N2O4/c26-5-1(6(27)14(35)21(42)13(5)34)25(2-7(28)15(36)22(43)16(37)8(2)29,3-9(30)17(38)23(44)18(39)10(3)31)4-11(32)19(40)24(45)20(41)12(4)33;22-15-6-8-16(9-7-15)25-19(24)17-12-20-10-11-21(17)13-18(23)14-4-2-1-3-5-14/h;1-12H,13H2/q-1;/p+1. The Labute approximate surface area is 375 Å². The second-order valence-corrected chi connectivity index (χ2v) is 14.1. The molecule has 0 bridgehead atoms. The van der Waals surface area contributed by atoms with Gasteiger partial charge in [-0.3, -0.25) is 9.78 Å². The van der Waals surface area contributed by atoms with Gasteiger partial charge >= 0.3 is 11.7 Å². The van der Waals surface area contributed by atoms with Crippen molar-refractivity contribution in [2.45, 2.75) is 6.54 Å². The lowest BCUT2D eigenvalue weighted by Gasteiger charge is -2.44. The summed E-state index contributed by atoms with van der Waals surface area (Å²) >= 11 is 0. The van der Waals surface area contributed by atoms with Gasteiger partial charge in [-0.15, -0.1) is 21.9 Å². The quantitative estimate of drug-likeness (QED) is 0.0232. The van der Waals surface area contributed by atoms with Crippen molar-refractivity contribution in [1.82, 2.24) is 4.98 Å². The van der Waals surface area contributed by atoms with Crippen LogP contribution < -0.4 is 31.2 Å². The molecule has 0 amide bonds. The summed E-state index contributed by atoms with van der Waals surface area (Å²) < 4.78 is 301. The number of benzene rings is 6. The first-order valence-corrected chi connectivity index (χ1v) is 18.5. The number of phenolic OH excluding ortho intramolecular Hbond substituents is 1. The van der Waals surface area contributed by atoms with Crippen LogP contribution in [-0.2, 0) is 6.54 Å². The molecule has 0 atom stereocenters. The number of ether oxygens (including phenoxy) is 1. The fraction of sp³-hybridized carbons (Fsp3) is 0.0233. The third-order valence-corrected chi connectivity index (χ3v) is 10.2. The van der Waals surface area contributed by atoms with Crippen LogP contribution in [0.15, 0.2) is 73.2 Å². The van der Waals surface area contributed by atoms with E-state index in [1.807, 2.05) is 6.07 Å². The molecule has 7 rings (SSSR count). The predicted octanol–water partition coefficient (Wildman–Crippen LogP) is 8.02. The molecule has 0 saturated carbocycles. The first kappa shape index (κ1) is 51.4. The van der Waals surface area contributed by atoms with Gasteiger partial charge in [0.25, 0.3) is 0 Å². The van der Waals surface area contributed by atoms with E-state index in [2.05, 4.69) is 4.98 Å². The largest absolute Gasteiger partial charge is 0.508 e. The normalized spacial score (nSPS) is 11.4. The molecule has 0 spiro atoms. The number of rotatable bonds is 9. The fourth-order valence-electron chi connectivity index (χ4n) is 7.11. The summed E-state index contributed by atoms with van der Waals surface area (Å²) in [5.74, 6) is -71.8. The number of nitrogens with zero attached hydrogens (tertiary/aromatic N) is 2. The van der Waals surface area contributed by atoms with Crippen LogP contribution in [0.1, 0.15) is 20.8 Å². The molecule has 7 aromatic rings. The van der Waals surface area contributed by atoms with E-state index in [0.29, 0.717) is 5.56 Å². The average molecular weight is 1010 g/mol. The molecule has 0 unspecified atom stereocenters. The monoisotopic (exact) mass is 1010 g/mol. The maximum absolute atomic E-state index is 15.4. The van der Waals surface area contributed by atoms with Gasteiger partial charge in [-0.05, 0) is 24.3 Å². The highest BCUT2D eigenvalue weighted by atomic mass is 19.2. The van der Waals surface area contributed by atoms with Gasteiger partial charge in [0.05, 0.1) is 6.20 Å². The molecule has 0 aliphatic heterocycles. The summed E-state index contributed by atoms with van der Waals surface area (Å²) in [7, 11) is 0. The SMILES string of the molecule is Fc1c(F)c(F)c([B-](c2c(F)c(F)c(F)c(F)c2F)(c2c(F)c(F)c(F)c(F)c2F)c2c(F)c(F)c(F)c(F)c2F)c(F)c1F.O=C(C[n+]1ccncc1C(=O)Oc1ccc(O)cc1)c1ccccc1. The highest BCUT2D eigenvalue weighted by Gasteiger charge is 2.52. The molecule has 0 aliphatic carbocycles. The molecule has 0 aliphatic rings. The van der Waals surface area contributed by atoms with Gasteiger partial charge < -0.3 is 9.84 Å². The number of phenols is 1. The first-order chi connectivity index (χ1) is 32.8. The number of hydrogen-bond donors (Lipinski definition) is 1. The summed E-state index contributed by atoms with van der Waals surface area (Å²) in [4.78, 5) is 28.7. The van der Waals surface area contributed by atoms with E-state index in [1.165, 1.54) is 41.2 Å². The predicted molar refractivity (Wildman–Crippen MR) is 197 cm³/mol. The van der Waals surface area contributed by atoms with Gasteiger partial charge in [-0.2, -0.15) is 4.57 Å². The Balaban J connectivity index is 0.000000270. The second kappa shape index (κ2) is 19.5. The zero-order chi connectivity index (χ0) is 52.0. The highest BCUT2D eigenvalue weighted by molar-refractivity contribution is 7.20. The van der Waals surface area contributed by atoms with Crippen LogP contribution in [-0.4, -0.2) is 28.0 Å². The highest BCUT2D eigenvalue weighted by Crippen LogP contribution is 2.31. The fourth-order valence-corrected chi connectivity index (χ4v) is 7.11. The van der Waals surface area contributed by atoms with Gasteiger partial charge in [0.1, 0.15) is 70.4 Å².